The normalized spacial score (nSPS) is 11.9. The Morgan fingerprint density at radius 1 is 1.23 bits per heavy atom. The SMILES string of the molecule is CCOc1cccc2cc(C(=O)N=c3sc4cccc(F)c4n3CC(=O)OC)oc12. The fourth-order valence-electron chi connectivity index (χ4n) is 3.07. The van der Waals surface area contributed by atoms with Gasteiger partial charge in [-0.05, 0) is 31.2 Å². The Balaban J connectivity index is 1.83. The molecule has 2 aromatic heterocycles. The van der Waals surface area contributed by atoms with E-state index in [0.29, 0.717) is 28.0 Å². The average Bonchev–Trinajstić information content (AvgIpc) is 3.31. The molecule has 9 heteroatoms. The number of hydrogen-bond donors (Lipinski definition) is 0. The second-order valence-electron chi connectivity index (χ2n) is 6.27. The van der Waals surface area contributed by atoms with Crippen LogP contribution in [0.25, 0.3) is 21.2 Å². The highest BCUT2D eigenvalue weighted by atomic mass is 32.1. The zero-order valence-corrected chi connectivity index (χ0v) is 17.0. The van der Waals surface area contributed by atoms with E-state index in [-0.39, 0.29) is 22.6 Å². The molecule has 1 amide bonds. The Labute approximate surface area is 174 Å². The minimum absolute atomic E-state index is 0.0136. The third kappa shape index (κ3) is 3.59. The lowest BCUT2D eigenvalue weighted by atomic mass is 10.2. The molecule has 0 saturated heterocycles. The van der Waals surface area contributed by atoms with Gasteiger partial charge in [-0.3, -0.25) is 9.59 Å². The first-order chi connectivity index (χ1) is 14.5. The largest absolute Gasteiger partial charge is 0.490 e. The number of rotatable bonds is 5. The highest BCUT2D eigenvalue weighted by Gasteiger charge is 2.18. The number of halogens is 1. The summed E-state index contributed by atoms with van der Waals surface area (Å²) >= 11 is 1.09. The van der Waals surface area contributed by atoms with Crippen molar-refractivity contribution < 1.29 is 27.9 Å². The predicted molar refractivity (Wildman–Crippen MR) is 109 cm³/mol. The molecule has 0 radical (unpaired) electrons. The molecule has 0 bridgehead atoms. The van der Waals surface area contributed by atoms with Crippen LogP contribution in [0.3, 0.4) is 0 Å². The maximum absolute atomic E-state index is 14.4. The summed E-state index contributed by atoms with van der Waals surface area (Å²) in [4.78, 5) is 28.9. The third-order valence-electron chi connectivity index (χ3n) is 4.38. The Kier molecular flexibility index (Phi) is 5.37. The summed E-state index contributed by atoms with van der Waals surface area (Å²) < 4.78 is 32.2. The van der Waals surface area contributed by atoms with E-state index in [2.05, 4.69) is 4.99 Å². The molecule has 0 unspecified atom stereocenters. The van der Waals surface area contributed by atoms with E-state index in [9.17, 15) is 14.0 Å². The smallest absolute Gasteiger partial charge is 0.325 e. The molecule has 0 aliphatic rings. The number of furan rings is 1. The van der Waals surface area contributed by atoms with Crippen molar-refractivity contribution in [3.63, 3.8) is 0 Å². The number of benzene rings is 2. The van der Waals surface area contributed by atoms with Crippen LogP contribution in [0, 0.1) is 5.82 Å². The predicted octanol–water partition coefficient (Wildman–Crippen LogP) is 3.90. The molecule has 0 saturated carbocycles. The molecule has 30 heavy (non-hydrogen) atoms. The summed E-state index contributed by atoms with van der Waals surface area (Å²) in [7, 11) is 1.24. The van der Waals surface area contributed by atoms with E-state index < -0.39 is 17.7 Å². The minimum Gasteiger partial charge on any atom is -0.490 e. The number of methoxy groups -OCH3 is 1. The second-order valence-corrected chi connectivity index (χ2v) is 7.28. The Morgan fingerprint density at radius 3 is 2.80 bits per heavy atom. The van der Waals surface area contributed by atoms with Gasteiger partial charge in [-0.1, -0.05) is 29.5 Å². The summed E-state index contributed by atoms with van der Waals surface area (Å²) in [5, 5.41) is 0.698. The number of fused-ring (bicyclic) bond motifs is 2. The molecular formula is C21H17FN2O5S. The monoisotopic (exact) mass is 428 g/mol. The van der Waals surface area contributed by atoms with Gasteiger partial charge in [-0.15, -0.1) is 0 Å². The molecule has 2 heterocycles. The zero-order chi connectivity index (χ0) is 21.3. The molecule has 0 fully saturated rings. The van der Waals surface area contributed by atoms with Gasteiger partial charge in [-0.2, -0.15) is 4.99 Å². The van der Waals surface area contributed by atoms with E-state index in [0.717, 1.165) is 11.3 Å². The molecule has 154 valence electrons. The first-order valence-corrected chi connectivity index (χ1v) is 9.92. The average molecular weight is 428 g/mol. The van der Waals surface area contributed by atoms with Crippen LogP contribution in [-0.2, 0) is 16.1 Å². The van der Waals surface area contributed by atoms with Gasteiger partial charge in [0.05, 0.1) is 23.9 Å². The van der Waals surface area contributed by atoms with Crippen LogP contribution in [0.5, 0.6) is 5.75 Å². The van der Waals surface area contributed by atoms with Crippen LogP contribution in [-0.4, -0.2) is 30.2 Å². The number of aromatic nitrogens is 1. The van der Waals surface area contributed by atoms with Crippen LogP contribution in [0.1, 0.15) is 17.5 Å². The minimum atomic E-state index is -0.653. The molecule has 2 aromatic carbocycles. The lowest BCUT2D eigenvalue weighted by molar-refractivity contribution is -0.141. The van der Waals surface area contributed by atoms with Crippen LogP contribution < -0.4 is 9.54 Å². The van der Waals surface area contributed by atoms with Crippen LogP contribution >= 0.6 is 11.3 Å². The van der Waals surface area contributed by atoms with Gasteiger partial charge < -0.3 is 18.5 Å². The fraction of sp³-hybridized carbons (Fsp3) is 0.190. The molecule has 0 aliphatic carbocycles. The van der Waals surface area contributed by atoms with Crippen molar-refractivity contribution in [1.82, 2.24) is 4.57 Å². The van der Waals surface area contributed by atoms with Crippen molar-refractivity contribution in [2.45, 2.75) is 13.5 Å². The van der Waals surface area contributed by atoms with E-state index >= 15 is 0 Å². The quantitative estimate of drug-likeness (QED) is 0.450. The van der Waals surface area contributed by atoms with Crippen molar-refractivity contribution in [2.24, 2.45) is 4.99 Å². The number of thiazole rings is 1. The summed E-state index contributed by atoms with van der Waals surface area (Å²) in [6, 6.07) is 11.4. The van der Waals surface area contributed by atoms with Gasteiger partial charge >= 0.3 is 11.9 Å². The molecule has 0 spiro atoms. The number of amides is 1. The van der Waals surface area contributed by atoms with Crippen LogP contribution in [0.2, 0.25) is 0 Å². The van der Waals surface area contributed by atoms with Gasteiger partial charge in [0, 0.05) is 5.39 Å². The highest BCUT2D eigenvalue weighted by Crippen LogP contribution is 2.29. The van der Waals surface area contributed by atoms with Gasteiger partial charge in [0.1, 0.15) is 12.4 Å². The van der Waals surface area contributed by atoms with E-state index in [4.69, 9.17) is 13.9 Å². The zero-order valence-electron chi connectivity index (χ0n) is 16.2. The van der Waals surface area contributed by atoms with Crippen molar-refractivity contribution in [3.8, 4) is 5.75 Å². The molecule has 0 aliphatic heterocycles. The number of carbonyl (C=O) groups is 2. The van der Waals surface area contributed by atoms with Crippen LogP contribution in [0.15, 0.2) is 51.9 Å². The molecule has 0 atom stereocenters. The Morgan fingerprint density at radius 2 is 2.03 bits per heavy atom. The van der Waals surface area contributed by atoms with Gasteiger partial charge in [0.2, 0.25) is 0 Å². The van der Waals surface area contributed by atoms with Crippen molar-refractivity contribution >= 4 is 44.4 Å². The Bertz CT molecular complexity index is 1330. The summed E-state index contributed by atoms with van der Waals surface area (Å²) in [6.07, 6.45) is 0. The molecule has 4 aromatic rings. The van der Waals surface area contributed by atoms with E-state index in [1.165, 1.54) is 17.7 Å². The molecular weight excluding hydrogens is 411 g/mol. The number of para-hydroxylation sites is 2. The lowest BCUT2D eigenvalue weighted by Crippen LogP contribution is -2.22. The highest BCUT2D eigenvalue weighted by molar-refractivity contribution is 7.16. The van der Waals surface area contributed by atoms with E-state index in [1.54, 1.807) is 36.4 Å². The number of hydrogen-bond acceptors (Lipinski definition) is 6. The van der Waals surface area contributed by atoms with Crippen molar-refractivity contribution in [2.75, 3.05) is 13.7 Å². The van der Waals surface area contributed by atoms with E-state index in [1.807, 2.05) is 6.92 Å². The maximum Gasteiger partial charge on any atom is 0.325 e. The van der Waals surface area contributed by atoms with Crippen LogP contribution in [0.4, 0.5) is 4.39 Å². The Hall–Kier alpha value is -3.46. The standard InChI is InChI=1S/C21H17FN2O5S/c1-3-28-14-8-4-6-12-10-15(29-19(12)14)20(26)23-21-24(11-17(25)27-2)18-13(22)7-5-9-16(18)30-21/h4-10H,3,11H2,1-2H3. The van der Waals surface area contributed by atoms with Gasteiger partial charge in [0.15, 0.2) is 21.9 Å². The van der Waals surface area contributed by atoms with Crippen molar-refractivity contribution in [1.29, 1.82) is 0 Å². The summed E-state index contributed by atoms with van der Waals surface area (Å²) in [5.41, 5.74) is 0.630. The summed E-state index contributed by atoms with van der Waals surface area (Å²) in [6.45, 7) is 2.02. The topological polar surface area (TPSA) is 83.0 Å². The van der Waals surface area contributed by atoms with Gasteiger partial charge in [-0.25, -0.2) is 4.39 Å². The number of nitrogens with zero attached hydrogens (tertiary/aromatic N) is 2. The first-order valence-electron chi connectivity index (χ1n) is 9.11. The molecule has 7 nitrogen and oxygen atoms in total. The first kappa shape index (κ1) is 19.8. The molecule has 0 N–H and O–H groups in total. The number of esters is 1. The van der Waals surface area contributed by atoms with Crippen molar-refractivity contribution in [3.05, 3.63) is 58.8 Å². The lowest BCUT2D eigenvalue weighted by Gasteiger charge is -2.04. The molecule has 4 rings (SSSR count). The summed E-state index contributed by atoms with van der Waals surface area (Å²) in [5.74, 6) is -1.22. The third-order valence-corrected chi connectivity index (χ3v) is 5.43. The second kappa shape index (κ2) is 8.11. The van der Waals surface area contributed by atoms with Gasteiger partial charge in [0.25, 0.3) is 0 Å². The number of ether oxygens (including phenoxy) is 2. The maximum atomic E-state index is 14.4. The number of carbonyl (C=O) groups excluding carboxylic acids is 2. The fourth-order valence-corrected chi connectivity index (χ4v) is 4.11.